The number of rotatable bonds is 8. The van der Waals surface area contributed by atoms with Crippen molar-refractivity contribution in [3.8, 4) is 11.5 Å². The van der Waals surface area contributed by atoms with E-state index in [-0.39, 0.29) is 17.9 Å². The molecule has 0 saturated heterocycles. The molecule has 1 aliphatic carbocycles. The molecule has 1 fully saturated rings. The summed E-state index contributed by atoms with van der Waals surface area (Å²) in [6.07, 6.45) is 6.04. The number of aliphatic hydroxyl groups excluding tert-OH is 1. The molecule has 3 N–H and O–H groups in total. The maximum atomic E-state index is 12.6. The summed E-state index contributed by atoms with van der Waals surface area (Å²) in [6, 6.07) is 15.5. The molecule has 0 spiro atoms. The van der Waals surface area contributed by atoms with Gasteiger partial charge in [-0.05, 0) is 73.5 Å². The number of benzene rings is 2. The summed E-state index contributed by atoms with van der Waals surface area (Å²) in [5, 5.41) is 19.7. The van der Waals surface area contributed by atoms with Crippen LogP contribution in [0.5, 0.6) is 11.5 Å². The Bertz CT molecular complexity index is 1630. The number of nitrogens with one attached hydrogen (secondary N) is 2. The smallest absolute Gasteiger partial charge is 0.223 e. The Morgan fingerprint density at radius 1 is 1.10 bits per heavy atom. The Morgan fingerprint density at radius 3 is 2.82 bits per heavy atom. The molecule has 0 radical (unpaired) electrons. The standard InChI is InChI=1S/C29H28ClN5O3S/c30-22-16-19(6-9-25(22)38-24-2-1-3-26-21(24)11-15-39-26)34-28-27-23(32-17-33-28)10-13-35(27)14-12-31-29(37)18-4-7-20(36)8-5-18/h1-3,6,9-11,13,15-18,20,36H,4-5,7-8,12,14H2,(H,31,37)(H,32,33,34). The zero-order valence-electron chi connectivity index (χ0n) is 21.1. The maximum Gasteiger partial charge on any atom is 0.223 e. The number of ether oxygens (including phenoxy) is 1. The van der Waals surface area contributed by atoms with Gasteiger partial charge in [0.15, 0.2) is 5.82 Å². The van der Waals surface area contributed by atoms with E-state index in [1.807, 2.05) is 58.6 Å². The van der Waals surface area contributed by atoms with Crippen LogP contribution in [0.1, 0.15) is 25.7 Å². The lowest BCUT2D eigenvalue weighted by Crippen LogP contribution is -2.35. The average Bonchev–Trinajstić information content (AvgIpc) is 3.59. The third kappa shape index (κ3) is 5.56. The molecule has 0 aliphatic heterocycles. The number of amides is 1. The number of carbonyl (C=O) groups excluding carboxylic acids is 1. The van der Waals surface area contributed by atoms with Gasteiger partial charge in [0.25, 0.3) is 0 Å². The second kappa shape index (κ2) is 11.2. The number of anilines is 2. The van der Waals surface area contributed by atoms with Crippen LogP contribution in [0, 0.1) is 5.92 Å². The first-order valence-electron chi connectivity index (χ1n) is 13.0. The molecule has 2 aromatic carbocycles. The van der Waals surface area contributed by atoms with Gasteiger partial charge in [0.2, 0.25) is 5.91 Å². The van der Waals surface area contributed by atoms with Crippen LogP contribution >= 0.6 is 22.9 Å². The van der Waals surface area contributed by atoms with Crippen LogP contribution < -0.4 is 15.4 Å². The van der Waals surface area contributed by atoms with E-state index in [4.69, 9.17) is 16.3 Å². The van der Waals surface area contributed by atoms with E-state index in [9.17, 15) is 9.90 Å². The monoisotopic (exact) mass is 561 g/mol. The molecule has 0 bridgehead atoms. The third-order valence-electron chi connectivity index (χ3n) is 7.14. The van der Waals surface area contributed by atoms with Gasteiger partial charge in [0.05, 0.1) is 16.6 Å². The number of thiophene rings is 1. The van der Waals surface area contributed by atoms with Gasteiger partial charge in [-0.1, -0.05) is 17.7 Å². The van der Waals surface area contributed by atoms with Gasteiger partial charge in [0, 0.05) is 41.0 Å². The highest BCUT2D eigenvalue weighted by Crippen LogP contribution is 2.37. The van der Waals surface area contributed by atoms with Crippen molar-refractivity contribution < 1.29 is 14.6 Å². The molecule has 8 nitrogen and oxygen atoms in total. The van der Waals surface area contributed by atoms with Gasteiger partial charge in [-0.3, -0.25) is 4.79 Å². The number of halogens is 1. The van der Waals surface area contributed by atoms with Crippen LogP contribution in [-0.2, 0) is 11.3 Å². The largest absolute Gasteiger partial charge is 0.455 e. The Hall–Kier alpha value is -3.66. The zero-order valence-corrected chi connectivity index (χ0v) is 22.7. The van der Waals surface area contributed by atoms with Crippen LogP contribution in [0.15, 0.2) is 66.4 Å². The second-order valence-electron chi connectivity index (χ2n) is 9.72. The van der Waals surface area contributed by atoms with Crippen LogP contribution in [0.25, 0.3) is 21.1 Å². The van der Waals surface area contributed by atoms with Gasteiger partial charge in [-0.15, -0.1) is 11.3 Å². The fourth-order valence-corrected chi connectivity index (χ4v) is 6.09. The first kappa shape index (κ1) is 25.6. The van der Waals surface area contributed by atoms with Crippen molar-refractivity contribution in [2.75, 3.05) is 11.9 Å². The average molecular weight is 562 g/mol. The number of aliphatic hydroxyl groups is 1. The summed E-state index contributed by atoms with van der Waals surface area (Å²) >= 11 is 8.28. The minimum Gasteiger partial charge on any atom is -0.455 e. The zero-order chi connectivity index (χ0) is 26.8. The van der Waals surface area contributed by atoms with E-state index in [2.05, 4.69) is 26.7 Å². The molecule has 5 aromatic rings. The molecular weight excluding hydrogens is 534 g/mol. The van der Waals surface area contributed by atoms with Gasteiger partial charge in [0.1, 0.15) is 23.3 Å². The summed E-state index contributed by atoms with van der Waals surface area (Å²) in [5.41, 5.74) is 2.41. The fourth-order valence-electron chi connectivity index (χ4n) is 5.06. The Morgan fingerprint density at radius 2 is 1.97 bits per heavy atom. The molecule has 3 heterocycles. The highest BCUT2D eigenvalue weighted by molar-refractivity contribution is 7.17. The summed E-state index contributed by atoms with van der Waals surface area (Å²) in [7, 11) is 0. The molecule has 200 valence electrons. The molecule has 3 aromatic heterocycles. The van der Waals surface area contributed by atoms with Crippen LogP contribution in [0.2, 0.25) is 5.02 Å². The van der Waals surface area contributed by atoms with Crippen LogP contribution in [0.4, 0.5) is 11.5 Å². The van der Waals surface area contributed by atoms with E-state index in [1.165, 1.54) is 6.33 Å². The SMILES string of the molecule is O=C(NCCn1ccc2ncnc(Nc3ccc(Oc4cccc5sccc45)c(Cl)c3)c21)C1CCC(O)CC1. The minimum absolute atomic E-state index is 0.0229. The van der Waals surface area contributed by atoms with Crippen molar-refractivity contribution in [3.05, 3.63) is 71.5 Å². The minimum atomic E-state index is -0.272. The van der Waals surface area contributed by atoms with Crippen molar-refractivity contribution in [3.63, 3.8) is 0 Å². The molecule has 1 saturated carbocycles. The quantitative estimate of drug-likeness (QED) is 0.200. The molecule has 0 unspecified atom stereocenters. The predicted molar refractivity (Wildman–Crippen MR) is 155 cm³/mol. The molecule has 10 heteroatoms. The number of aromatic nitrogens is 3. The molecular formula is C29H28ClN5O3S. The van der Waals surface area contributed by atoms with Crippen molar-refractivity contribution in [2.45, 2.75) is 38.3 Å². The lowest BCUT2D eigenvalue weighted by molar-refractivity contribution is -0.126. The van der Waals surface area contributed by atoms with Crippen LogP contribution in [0.3, 0.4) is 0 Å². The molecule has 6 rings (SSSR count). The van der Waals surface area contributed by atoms with Crippen LogP contribution in [-0.4, -0.2) is 38.2 Å². The fraction of sp³-hybridized carbons (Fsp3) is 0.276. The van der Waals surface area contributed by atoms with E-state index in [0.717, 1.165) is 45.4 Å². The number of hydrogen-bond acceptors (Lipinski definition) is 7. The summed E-state index contributed by atoms with van der Waals surface area (Å²) in [5.74, 6) is 2.01. The first-order valence-corrected chi connectivity index (χ1v) is 14.3. The van der Waals surface area contributed by atoms with Crippen molar-refractivity contribution in [1.29, 1.82) is 0 Å². The number of fused-ring (bicyclic) bond motifs is 2. The number of hydrogen-bond donors (Lipinski definition) is 3. The molecule has 1 aliphatic rings. The summed E-state index contributed by atoms with van der Waals surface area (Å²) in [4.78, 5) is 21.4. The van der Waals surface area contributed by atoms with Gasteiger partial charge >= 0.3 is 0 Å². The maximum absolute atomic E-state index is 12.6. The summed E-state index contributed by atoms with van der Waals surface area (Å²) in [6.45, 7) is 1.07. The van der Waals surface area contributed by atoms with Crippen molar-refractivity contribution in [2.24, 2.45) is 5.92 Å². The third-order valence-corrected chi connectivity index (χ3v) is 8.32. The van der Waals surface area contributed by atoms with Crippen molar-refractivity contribution in [1.82, 2.24) is 19.9 Å². The van der Waals surface area contributed by atoms with E-state index >= 15 is 0 Å². The van der Waals surface area contributed by atoms with Gasteiger partial charge in [-0.25, -0.2) is 9.97 Å². The topological polar surface area (TPSA) is 101 Å². The highest BCUT2D eigenvalue weighted by atomic mass is 35.5. The Labute approximate surface area is 234 Å². The normalized spacial score (nSPS) is 17.4. The van der Waals surface area contributed by atoms with E-state index < -0.39 is 0 Å². The molecule has 39 heavy (non-hydrogen) atoms. The van der Waals surface area contributed by atoms with E-state index in [0.29, 0.717) is 42.5 Å². The predicted octanol–water partition coefficient (Wildman–Crippen LogP) is 6.50. The Kier molecular flexibility index (Phi) is 7.36. The molecule has 0 atom stereocenters. The van der Waals surface area contributed by atoms with Gasteiger partial charge in [-0.2, -0.15) is 0 Å². The second-order valence-corrected chi connectivity index (χ2v) is 11.1. The number of nitrogens with zero attached hydrogens (tertiary/aromatic N) is 3. The van der Waals surface area contributed by atoms with Gasteiger partial charge < -0.3 is 25.0 Å². The first-order chi connectivity index (χ1) is 19.0. The Balaban J connectivity index is 1.15. The highest BCUT2D eigenvalue weighted by Gasteiger charge is 2.24. The molecule has 1 amide bonds. The lowest BCUT2D eigenvalue weighted by Gasteiger charge is -2.24. The van der Waals surface area contributed by atoms with Crippen molar-refractivity contribution >= 4 is 61.5 Å². The van der Waals surface area contributed by atoms with E-state index in [1.54, 1.807) is 11.3 Å². The summed E-state index contributed by atoms with van der Waals surface area (Å²) < 4.78 is 9.34. The lowest BCUT2D eigenvalue weighted by atomic mass is 9.87. The number of carbonyl (C=O) groups is 1.